The van der Waals surface area contributed by atoms with Crippen molar-refractivity contribution in [2.45, 2.75) is 72.1 Å². The van der Waals surface area contributed by atoms with Crippen molar-refractivity contribution in [2.24, 2.45) is 22.2 Å². The van der Waals surface area contributed by atoms with E-state index >= 15 is 0 Å². The van der Waals surface area contributed by atoms with Crippen LogP contribution in [-0.4, -0.2) is 52.9 Å². The van der Waals surface area contributed by atoms with Crippen LogP contribution in [0.2, 0.25) is 0 Å². The van der Waals surface area contributed by atoms with Gasteiger partial charge in [-0.1, -0.05) is 33.6 Å². The molecule has 3 aliphatic rings. The number of hydrogen-bond acceptors (Lipinski definition) is 4. The Morgan fingerprint density at radius 1 is 0.778 bits per heavy atom. The summed E-state index contributed by atoms with van der Waals surface area (Å²) >= 11 is 0. The first kappa shape index (κ1) is 21.5. The predicted octanol–water partition coefficient (Wildman–Crippen LogP) is 4.85. The van der Waals surface area contributed by atoms with Crippen molar-refractivity contribution in [1.82, 2.24) is 0 Å². The fourth-order valence-corrected chi connectivity index (χ4v) is 4.63. The lowest BCUT2D eigenvalue weighted by atomic mass is 9.76. The van der Waals surface area contributed by atoms with E-state index in [9.17, 15) is 0 Å². The third-order valence-electron chi connectivity index (χ3n) is 7.55. The summed E-state index contributed by atoms with van der Waals surface area (Å²) in [6.07, 6.45) is 10.1. The molecule has 2 aliphatic heterocycles. The fraction of sp³-hybridized carbons (Fsp3) is 1.00. The normalized spacial score (nSPS) is 32.8. The third-order valence-corrected chi connectivity index (χ3v) is 7.55. The van der Waals surface area contributed by atoms with E-state index in [-0.39, 0.29) is 0 Å². The van der Waals surface area contributed by atoms with E-state index in [4.69, 9.17) is 18.9 Å². The minimum Gasteiger partial charge on any atom is -0.380 e. The van der Waals surface area contributed by atoms with Crippen molar-refractivity contribution < 1.29 is 18.9 Å². The first-order chi connectivity index (χ1) is 13.0. The molecule has 2 heterocycles. The van der Waals surface area contributed by atoms with Crippen LogP contribution in [0.3, 0.4) is 0 Å². The predicted molar refractivity (Wildman–Crippen MR) is 108 cm³/mol. The summed E-state index contributed by atoms with van der Waals surface area (Å²) in [5, 5.41) is 0. The highest BCUT2D eigenvalue weighted by Crippen LogP contribution is 2.38. The standard InChI is InChI=1S/C23H42O4/c1-4-22(16-26-17-22)14-24-12-20-8-6-7-10-21(3,11-9-20)13-25-15-23(5-2)18-27-19-23/h20H,4-19H2,1-3H3. The van der Waals surface area contributed by atoms with Gasteiger partial charge < -0.3 is 18.9 Å². The van der Waals surface area contributed by atoms with E-state index in [1.807, 2.05) is 0 Å². The molecule has 4 heteroatoms. The molecule has 1 saturated carbocycles. The van der Waals surface area contributed by atoms with Crippen molar-refractivity contribution in [3.8, 4) is 0 Å². The summed E-state index contributed by atoms with van der Waals surface area (Å²) in [6, 6.07) is 0. The van der Waals surface area contributed by atoms with Crippen LogP contribution >= 0.6 is 0 Å². The Morgan fingerprint density at radius 3 is 1.96 bits per heavy atom. The van der Waals surface area contributed by atoms with Crippen molar-refractivity contribution in [3.63, 3.8) is 0 Å². The topological polar surface area (TPSA) is 36.9 Å². The van der Waals surface area contributed by atoms with Gasteiger partial charge >= 0.3 is 0 Å². The molecule has 0 aromatic carbocycles. The van der Waals surface area contributed by atoms with Crippen LogP contribution in [0.5, 0.6) is 0 Å². The smallest absolute Gasteiger partial charge is 0.0566 e. The Hall–Kier alpha value is -0.160. The Bertz CT molecular complexity index is 433. The van der Waals surface area contributed by atoms with Crippen LogP contribution in [0.1, 0.15) is 72.1 Å². The molecule has 1 aliphatic carbocycles. The van der Waals surface area contributed by atoms with Gasteiger partial charge in [-0.25, -0.2) is 0 Å². The molecule has 0 radical (unpaired) electrons. The van der Waals surface area contributed by atoms with E-state index in [2.05, 4.69) is 20.8 Å². The molecule has 0 bridgehead atoms. The molecule has 158 valence electrons. The molecule has 3 rings (SSSR count). The lowest BCUT2D eigenvalue weighted by Gasteiger charge is -2.42. The molecule has 2 unspecified atom stereocenters. The minimum atomic E-state index is 0.300. The van der Waals surface area contributed by atoms with Gasteiger partial charge in [-0.3, -0.25) is 0 Å². The zero-order valence-corrected chi connectivity index (χ0v) is 18.0. The lowest BCUT2D eigenvalue weighted by molar-refractivity contribution is -0.158. The largest absolute Gasteiger partial charge is 0.380 e. The maximum Gasteiger partial charge on any atom is 0.0566 e. The van der Waals surface area contributed by atoms with Crippen LogP contribution < -0.4 is 0 Å². The Labute approximate surface area is 166 Å². The van der Waals surface area contributed by atoms with Gasteiger partial charge in [0.15, 0.2) is 0 Å². The first-order valence-electron chi connectivity index (χ1n) is 11.3. The van der Waals surface area contributed by atoms with Crippen LogP contribution in [0.4, 0.5) is 0 Å². The van der Waals surface area contributed by atoms with Crippen LogP contribution in [0, 0.1) is 22.2 Å². The maximum absolute atomic E-state index is 6.24. The van der Waals surface area contributed by atoms with Crippen LogP contribution in [-0.2, 0) is 18.9 Å². The summed E-state index contributed by atoms with van der Waals surface area (Å²) in [5.74, 6) is 0.710. The van der Waals surface area contributed by atoms with E-state index in [1.165, 1.54) is 38.5 Å². The molecule has 0 amide bonds. The molecule has 2 saturated heterocycles. The monoisotopic (exact) mass is 382 g/mol. The molecule has 0 spiro atoms. The number of rotatable bonds is 10. The van der Waals surface area contributed by atoms with Gasteiger partial charge in [0, 0.05) is 17.4 Å². The quantitative estimate of drug-likeness (QED) is 0.541. The summed E-state index contributed by atoms with van der Waals surface area (Å²) in [4.78, 5) is 0. The Balaban J connectivity index is 1.38. The van der Waals surface area contributed by atoms with Gasteiger partial charge in [0.25, 0.3) is 0 Å². The number of hydrogen-bond donors (Lipinski definition) is 0. The van der Waals surface area contributed by atoms with Gasteiger partial charge in [-0.2, -0.15) is 0 Å². The maximum atomic E-state index is 6.24. The zero-order chi connectivity index (χ0) is 19.2. The Kier molecular flexibility index (Phi) is 7.63. The summed E-state index contributed by atoms with van der Waals surface area (Å²) < 4.78 is 23.3. The highest BCUT2D eigenvalue weighted by Gasteiger charge is 2.39. The van der Waals surface area contributed by atoms with Crippen LogP contribution in [0.15, 0.2) is 0 Å². The van der Waals surface area contributed by atoms with Crippen molar-refractivity contribution in [2.75, 3.05) is 52.9 Å². The average Bonchev–Trinajstić information content (AvgIpc) is 2.59. The lowest BCUT2D eigenvalue weighted by Crippen LogP contribution is -2.46. The zero-order valence-electron chi connectivity index (χ0n) is 18.0. The van der Waals surface area contributed by atoms with Gasteiger partial charge in [-0.15, -0.1) is 0 Å². The van der Waals surface area contributed by atoms with Gasteiger partial charge in [0.1, 0.15) is 0 Å². The second-order valence-corrected chi connectivity index (χ2v) is 10.2. The second kappa shape index (κ2) is 9.56. The third kappa shape index (κ3) is 5.68. The fourth-order valence-electron chi connectivity index (χ4n) is 4.63. The first-order valence-corrected chi connectivity index (χ1v) is 11.3. The average molecular weight is 383 g/mol. The summed E-state index contributed by atoms with van der Waals surface area (Å²) in [5.41, 5.74) is 0.934. The van der Waals surface area contributed by atoms with Crippen molar-refractivity contribution in [3.05, 3.63) is 0 Å². The summed E-state index contributed by atoms with van der Waals surface area (Å²) in [6.45, 7) is 14.0. The van der Waals surface area contributed by atoms with Gasteiger partial charge in [0.2, 0.25) is 0 Å². The van der Waals surface area contributed by atoms with E-state index in [0.717, 1.165) is 65.7 Å². The van der Waals surface area contributed by atoms with E-state index in [1.54, 1.807) is 0 Å². The SMILES string of the molecule is CCC1(COCC2CCCCC(C)(COCC3(CC)COC3)CC2)COC1. The molecule has 0 aromatic rings. The van der Waals surface area contributed by atoms with Crippen molar-refractivity contribution in [1.29, 1.82) is 0 Å². The molecular formula is C23H42O4. The van der Waals surface area contributed by atoms with E-state index < -0.39 is 0 Å². The Morgan fingerprint density at radius 2 is 1.41 bits per heavy atom. The van der Waals surface area contributed by atoms with Crippen LogP contribution in [0.25, 0.3) is 0 Å². The minimum absolute atomic E-state index is 0.300. The highest BCUT2D eigenvalue weighted by atomic mass is 16.5. The molecule has 0 aromatic heterocycles. The summed E-state index contributed by atoms with van der Waals surface area (Å²) in [7, 11) is 0. The molecular weight excluding hydrogens is 340 g/mol. The molecule has 4 nitrogen and oxygen atoms in total. The van der Waals surface area contributed by atoms with Gasteiger partial charge in [-0.05, 0) is 49.9 Å². The molecule has 0 N–H and O–H groups in total. The molecule has 27 heavy (non-hydrogen) atoms. The molecule has 2 atom stereocenters. The highest BCUT2D eigenvalue weighted by molar-refractivity contribution is 4.86. The molecule has 3 fully saturated rings. The van der Waals surface area contributed by atoms with Crippen molar-refractivity contribution >= 4 is 0 Å². The number of ether oxygens (including phenoxy) is 4. The van der Waals surface area contributed by atoms with Gasteiger partial charge in [0.05, 0.1) is 46.2 Å². The van der Waals surface area contributed by atoms with E-state index in [0.29, 0.717) is 22.2 Å². The second-order valence-electron chi connectivity index (χ2n) is 10.2.